The largest absolute Gasteiger partial charge is 0.425 e. The molecule has 1 aromatic heterocycles. The Morgan fingerprint density at radius 1 is 0.778 bits per heavy atom. The van der Waals surface area contributed by atoms with Crippen molar-refractivity contribution in [3.8, 4) is 5.69 Å². The number of halogens is 3. The van der Waals surface area contributed by atoms with Crippen LogP contribution < -0.4 is 0 Å². The molecule has 1 atom stereocenters. The van der Waals surface area contributed by atoms with Crippen LogP contribution in [0, 0.1) is 0 Å². The zero-order valence-electron chi connectivity index (χ0n) is 14.1. The normalized spacial score (nSPS) is 14.2. The molecule has 3 aromatic carbocycles. The highest BCUT2D eigenvalue weighted by Gasteiger charge is 2.56. The van der Waals surface area contributed by atoms with Gasteiger partial charge in [-0.15, -0.1) is 0 Å². The van der Waals surface area contributed by atoms with E-state index in [2.05, 4.69) is 4.98 Å². The van der Waals surface area contributed by atoms with E-state index in [1.54, 1.807) is 23.0 Å². The van der Waals surface area contributed by atoms with Crippen LogP contribution in [0.1, 0.15) is 11.1 Å². The lowest BCUT2D eigenvalue weighted by Gasteiger charge is -2.31. The molecule has 0 saturated heterocycles. The van der Waals surface area contributed by atoms with Gasteiger partial charge >= 0.3 is 6.18 Å². The van der Waals surface area contributed by atoms with Crippen molar-refractivity contribution >= 4 is 11.0 Å². The Bertz CT molecular complexity index is 1070. The topological polar surface area (TPSA) is 38.1 Å². The number of alkyl halides is 3. The third-order valence-electron chi connectivity index (χ3n) is 4.60. The fourth-order valence-electron chi connectivity index (χ4n) is 3.21. The number of imidazole rings is 1. The van der Waals surface area contributed by atoms with E-state index in [9.17, 15) is 18.3 Å². The predicted molar refractivity (Wildman–Crippen MR) is 96.6 cm³/mol. The third-order valence-corrected chi connectivity index (χ3v) is 4.60. The first kappa shape index (κ1) is 17.3. The van der Waals surface area contributed by atoms with Gasteiger partial charge in [0.2, 0.25) is 5.60 Å². The molecular formula is C21H15F3N2O. The lowest BCUT2D eigenvalue weighted by atomic mass is 9.85. The van der Waals surface area contributed by atoms with Crippen molar-refractivity contribution in [1.82, 2.24) is 9.55 Å². The SMILES string of the molecule is OC(c1ccccc1)(c1ccc2c(c1)ncn2-c1ccccc1)C(F)(F)F. The second-order valence-corrected chi connectivity index (χ2v) is 6.23. The molecule has 136 valence electrons. The van der Waals surface area contributed by atoms with Gasteiger partial charge in [-0.3, -0.25) is 4.57 Å². The highest BCUT2D eigenvalue weighted by atomic mass is 19.4. The minimum Gasteiger partial charge on any atom is -0.372 e. The maximum Gasteiger partial charge on any atom is 0.425 e. The summed E-state index contributed by atoms with van der Waals surface area (Å²) in [5.41, 5.74) is -1.75. The molecule has 4 aromatic rings. The highest BCUT2D eigenvalue weighted by molar-refractivity contribution is 5.78. The summed E-state index contributed by atoms with van der Waals surface area (Å²) < 4.78 is 43.4. The number of benzene rings is 3. The van der Waals surface area contributed by atoms with Crippen molar-refractivity contribution in [3.05, 3.63) is 96.3 Å². The van der Waals surface area contributed by atoms with E-state index >= 15 is 0 Å². The minimum atomic E-state index is -4.88. The van der Waals surface area contributed by atoms with Gasteiger partial charge in [-0.25, -0.2) is 4.98 Å². The maximum absolute atomic E-state index is 13.9. The first-order valence-electron chi connectivity index (χ1n) is 8.29. The minimum absolute atomic E-state index is 0.237. The summed E-state index contributed by atoms with van der Waals surface area (Å²) in [5.74, 6) is 0. The Morgan fingerprint density at radius 3 is 2.04 bits per heavy atom. The number of aliphatic hydroxyl groups is 1. The van der Waals surface area contributed by atoms with Crippen LogP contribution in [-0.4, -0.2) is 20.8 Å². The standard InChI is InChI=1S/C21H15F3N2O/c22-21(23,24)20(27,15-7-3-1-4-8-15)16-11-12-19-18(13-16)25-14-26(19)17-9-5-2-6-10-17/h1-14,27H. The van der Waals surface area contributed by atoms with Crippen molar-refractivity contribution in [2.75, 3.05) is 0 Å². The Labute approximate surface area is 153 Å². The van der Waals surface area contributed by atoms with E-state index in [-0.39, 0.29) is 11.1 Å². The average molecular weight is 368 g/mol. The number of nitrogens with zero attached hydrogens (tertiary/aromatic N) is 2. The van der Waals surface area contributed by atoms with Gasteiger partial charge in [0.15, 0.2) is 0 Å². The molecule has 0 aliphatic carbocycles. The van der Waals surface area contributed by atoms with Gasteiger partial charge < -0.3 is 5.11 Å². The van der Waals surface area contributed by atoms with Crippen molar-refractivity contribution in [3.63, 3.8) is 0 Å². The monoisotopic (exact) mass is 368 g/mol. The van der Waals surface area contributed by atoms with Gasteiger partial charge in [0, 0.05) is 5.69 Å². The van der Waals surface area contributed by atoms with Crippen LogP contribution in [0.15, 0.2) is 85.2 Å². The number of para-hydroxylation sites is 1. The van der Waals surface area contributed by atoms with Crippen LogP contribution >= 0.6 is 0 Å². The molecule has 27 heavy (non-hydrogen) atoms. The zero-order chi connectivity index (χ0) is 19.1. The molecular weight excluding hydrogens is 353 g/mol. The molecule has 0 spiro atoms. The van der Waals surface area contributed by atoms with E-state index in [0.717, 1.165) is 5.69 Å². The van der Waals surface area contributed by atoms with Gasteiger partial charge in [0.25, 0.3) is 0 Å². The van der Waals surface area contributed by atoms with Crippen LogP contribution in [0.5, 0.6) is 0 Å². The molecule has 0 fully saturated rings. The van der Waals surface area contributed by atoms with Crippen LogP contribution in [0.25, 0.3) is 16.7 Å². The molecule has 0 saturated carbocycles. The van der Waals surface area contributed by atoms with Crippen molar-refractivity contribution in [1.29, 1.82) is 0 Å². The number of aromatic nitrogens is 2. The maximum atomic E-state index is 13.9. The third kappa shape index (κ3) is 2.78. The zero-order valence-corrected chi connectivity index (χ0v) is 14.1. The van der Waals surface area contributed by atoms with E-state index in [0.29, 0.717) is 11.0 Å². The predicted octanol–water partition coefficient (Wildman–Crippen LogP) is 4.82. The Kier molecular flexibility index (Phi) is 4.00. The average Bonchev–Trinajstić information content (AvgIpc) is 3.11. The van der Waals surface area contributed by atoms with E-state index in [1.807, 2.05) is 30.3 Å². The molecule has 1 heterocycles. The first-order chi connectivity index (χ1) is 12.9. The van der Waals surface area contributed by atoms with E-state index < -0.39 is 11.8 Å². The van der Waals surface area contributed by atoms with Crippen LogP contribution in [0.3, 0.4) is 0 Å². The summed E-state index contributed by atoms with van der Waals surface area (Å²) >= 11 is 0. The molecule has 0 aliphatic rings. The van der Waals surface area contributed by atoms with Gasteiger partial charge in [0.05, 0.1) is 11.0 Å². The number of fused-ring (bicyclic) bond motifs is 1. The molecule has 0 amide bonds. The van der Waals surface area contributed by atoms with Crippen LogP contribution in [-0.2, 0) is 5.60 Å². The number of rotatable bonds is 3. The molecule has 3 nitrogen and oxygen atoms in total. The quantitative estimate of drug-likeness (QED) is 0.563. The summed E-state index contributed by atoms with van der Waals surface area (Å²) in [6.07, 6.45) is -3.33. The fourth-order valence-corrected chi connectivity index (χ4v) is 3.21. The van der Waals surface area contributed by atoms with Gasteiger partial charge in [-0.1, -0.05) is 54.6 Å². The van der Waals surface area contributed by atoms with Gasteiger partial charge in [-0.2, -0.15) is 13.2 Å². The molecule has 0 aliphatic heterocycles. The Hall–Kier alpha value is -3.12. The van der Waals surface area contributed by atoms with Crippen LogP contribution in [0.4, 0.5) is 13.2 Å². The summed E-state index contributed by atoms with van der Waals surface area (Å²) in [4.78, 5) is 4.23. The fraction of sp³-hybridized carbons (Fsp3) is 0.0952. The van der Waals surface area contributed by atoms with Crippen LogP contribution in [0.2, 0.25) is 0 Å². The number of hydrogen-bond acceptors (Lipinski definition) is 2. The molecule has 1 unspecified atom stereocenters. The van der Waals surface area contributed by atoms with Gasteiger partial charge in [0.1, 0.15) is 6.33 Å². The highest BCUT2D eigenvalue weighted by Crippen LogP contribution is 2.44. The first-order valence-corrected chi connectivity index (χ1v) is 8.29. The lowest BCUT2D eigenvalue weighted by Crippen LogP contribution is -2.43. The summed E-state index contributed by atoms with van der Waals surface area (Å²) in [5, 5.41) is 10.7. The van der Waals surface area contributed by atoms with Crippen molar-refractivity contribution in [2.24, 2.45) is 0 Å². The van der Waals surface area contributed by atoms with Crippen molar-refractivity contribution < 1.29 is 18.3 Å². The lowest BCUT2D eigenvalue weighted by molar-refractivity contribution is -0.248. The summed E-state index contributed by atoms with van der Waals surface area (Å²) in [7, 11) is 0. The van der Waals surface area contributed by atoms with E-state index in [4.69, 9.17) is 0 Å². The Morgan fingerprint density at radius 2 is 1.41 bits per heavy atom. The van der Waals surface area contributed by atoms with E-state index in [1.165, 1.54) is 36.4 Å². The summed E-state index contributed by atoms with van der Waals surface area (Å²) in [6, 6.07) is 20.6. The smallest absolute Gasteiger partial charge is 0.372 e. The van der Waals surface area contributed by atoms with Crippen molar-refractivity contribution in [2.45, 2.75) is 11.8 Å². The molecule has 0 bridgehead atoms. The molecule has 1 N–H and O–H groups in total. The second kappa shape index (κ2) is 6.25. The summed E-state index contributed by atoms with van der Waals surface area (Å²) in [6.45, 7) is 0. The molecule has 6 heteroatoms. The Balaban J connectivity index is 1.88. The second-order valence-electron chi connectivity index (χ2n) is 6.23. The molecule has 0 radical (unpaired) electrons. The van der Waals surface area contributed by atoms with Gasteiger partial charge in [-0.05, 0) is 35.4 Å². The molecule has 4 rings (SSSR count). The number of hydrogen-bond donors (Lipinski definition) is 1.